The number of ether oxygens (including phenoxy) is 1. The number of likely N-dealkylation sites (N-methyl/N-ethyl adjacent to an activating group) is 1. The summed E-state index contributed by atoms with van der Waals surface area (Å²) in [7, 11) is 1.14. The highest BCUT2D eigenvalue weighted by Crippen LogP contribution is 2.38. The number of quaternary nitrogens is 1. The minimum atomic E-state index is -4.72. The van der Waals surface area contributed by atoms with Crippen molar-refractivity contribution in [2.24, 2.45) is 0 Å². The Balaban J connectivity index is 5.17. The second-order valence-corrected chi connectivity index (χ2v) is 23.6. The van der Waals surface area contributed by atoms with Gasteiger partial charge >= 0.3 is 5.97 Å². The van der Waals surface area contributed by atoms with Gasteiger partial charge in [-0.3, -0.25) is 14.2 Å². The molecule has 3 unspecified atom stereocenters. The van der Waals surface area contributed by atoms with E-state index in [1.807, 2.05) is 39.4 Å². The van der Waals surface area contributed by atoms with Crippen molar-refractivity contribution in [3.63, 3.8) is 0 Å². The van der Waals surface area contributed by atoms with Crippen molar-refractivity contribution in [2.75, 3.05) is 40.9 Å². The van der Waals surface area contributed by atoms with E-state index in [9.17, 15) is 19.0 Å². The van der Waals surface area contributed by atoms with Crippen molar-refractivity contribution in [1.82, 2.24) is 5.32 Å². The first-order chi connectivity index (χ1) is 37.9. The molecule has 1 amide bonds. The fourth-order valence-electron chi connectivity index (χ4n) is 8.58. The van der Waals surface area contributed by atoms with Gasteiger partial charge in [0.1, 0.15) is 19.3 Å². The van der Waals surface area contributed by atoms with Crippen LogP contribution in [-0.4, -0.2) is 69.4 Å². The summed E-state index contributed by atoms with van der Waals surface area (Å²) in [5.41, 5.74) is 0. The van der Waals surface area contributed by atoms with E-state index >= 15 is 0 Å². The van der Waals surface area contributed by atoms with Crippen molar-refractivity contribution in [3.05, 3.63) is 109 Å². The molecule has 0 aliphatic heterocycles. The minimum absolute atomic E-state index is 0.0365. The van der Waals surface area contributed by atoms with Gasteiger partial charge in [-0.2, -0.15) is 0 Å². The van der Waals surface area contributed by atoms with E-state index in [1.54, 1.807) is 0 Å². The van der Waals surface area contributed by atoms with Gasteiger partial charge in [-0.05, 0) is 102 Å². The molecule has 3 atom stereocenters. The average molecular weight is 1110 g/mol. The van der Waals surface area contributed by atoms with Gasteiger partial charge in [-0.1, -0.05) is 252 Å². The number of hydrogen-bond donors (Lipinski definition) is 1. The van der Waals surface area contributed by atoms with Gasteiger partial charge in [-0.15, -0.1) is 0 Å². The van der Waals surface area contributed by atoms with Gasteiger partial charge in [0.05, 0.1) is 33.8 Å². The second-order valence-electron chi connectivity index (χ2n) is 22.2. The average Bonchev–Trinajstić information content (AvgIpc) is 3.40. The number of nitrogens with zero attached hydrogens (tertiary/aromatic N) is 1. The van der Waals surface area contributed by atoms with Gasteiger partial charge in [0.25, 0.3) is 7.82 Å². The van der Waals surface area contributed by atoms with Crippen LogP contribution in [0.2, 0.25) is 0 Å². The fourth-order valence-corrected chi connectivity index (χ4v) is 9.30. The van der Waals surface area contributed by atoms with Gasteiger partial charge < -0.3 is 28.5 Å². The maximum atomic E-state index is 13.5. The lowest BCUT2D eigenvalue weighted by atomic mass is 10.0. The SMILES string of the molecule is CC/C=C\C/C=C\C/C=C\C/C=C\C/C=C\C/C=C\CCCCCCCCCCC(=O)NC(COP(=O)([O-])OCC[N+](C)(C)C)C(/C=C\CCCCCCCCCCCC)OC(=O)CC/C=C/C/C=C\CCCCCCCC. The highest BCUT2D eigenvalue weighted by atomic mass is 31.2. The van der Waals surface area contributed by atoms with E-state index in [-0.39, 0.29) is 18.9 Å². The Labute approximate surface area is 481 Å². The van der Waals surface area contributed by atoms with Gasteiger partial charge in [0.2, 0.25) is 5.91 Å². The Morgan fingerprint density at radius 1 is 0.462 bits per heavy atom. The molecular weight excluding hydrogens is 988 g/mol. The third kappa shape index (κ3) is 57.4. The number of carbonyl (C=O) groups excluding carboxylic acids is 2. The third-order valence-corrected chi connectivity index (χ3v) is 14.4. The molecule has 0 radical (unpaired) electrons. The Hall–Kier alpha value is -3.33. The van der Waals surface area contributed by atoms with E-state index in [0.29, 0.717) is 23.9 Å². The summed E-state index contributed by atoms with van der Waals surface area (Å²) in [6.07, 6.45) is 77.9. The van der Waals surface area contributed by atoms with E-state index in [0.717, 1.165) is 103 Å². The summed E-state index contributed by atoms with van der Waals surface area (Å²) < 4.78 is 30.2. The van der Waals surface area contributed by atoms with Crippen molar-refractivity contribution in [1.29, 1.82) is 0 Å². The van der Waals surface area contributed by atoms with Crippen LogP contribution in [0.1, 0.15) is 258 Å². The van der Waals surface area contributed by atoms with Crippen molar-refractivity contribution >= 4 is 19.7 Å². The Morgan fingerprint density at radius 3 is 1.26 bits per heavy atom. The summed E-state index contributed by atoms with van der Waals surface area (Å²) in [5.74, 6) is -0.634. The summed E-state index contributed by atoms with van der Waals surface area (Å²) in [6.45, 7) is 6.67. The summed E-state index contributed by atoms with van der Waals surface area (Å²) in [5, 5.41) is 3.01. The maximum Gasteiger partial charge on any atom is 0.306 e. The number of amides is 1. The molecule has 78 heavy (non-hydrogen) atoms. The number of hydrogen-bond acceptors (Lipinski definition) is 7. The Bertz CT molecular complexity index is 1700. The zero-order chi connectivity index (χ0) is 57.2. The lowest BCUT2D eigenvalue weighted by Crippen LogP contribution is -2.47. The van der Waals surface area contributed by atoms with Gasteiger partial charge in [-0.25, -0.2) is 0 Å². The maximum absolute atomic E-state index is 13.5. The first-order valence-electron chi connectivity index (χ1n) is 31.7. The van der Waals surface area contributed by atoms with E-state index in [1.165, 1.54) is 116 Å². The predicted molar refractivity (Wildman–Crippen MR) is 334 cm³/mol. The Morgan fingerprint density at radius 2 is 0.833 bits per heavy atom. The lowest BCUT2D eigenvalue weighted by Gasteiger charge is -2.30. The number of allylic oxidation sites excluding steroid dienone is 17. The Kier molecular flexibility index (Phi) is 54.5. The molecule has 0 aromatic heterocycles. The largest absolute Gasteiger partial charge is 0.756 e. The number of esters is 1. The van der Waals surface area contributed by atoms with E-state index < -0.39 is 32.5 Å². The third-order valence-electron chi connectivity index (χ3n) is 13.5. The topological polar surface area (TPSA) is 114 Å². The number of phosphoric acid groups is 1. The molecule has 1 N–H and O–H groups in total. The predicted octanol–water partition coefficient (Wildman–Crippen LogP) is 19.1. The van der Waals surface area contributed by atoms with E-state index in [4.69, 9.17) is 13.8 Å². The molecule has 0 aromatic carbocycles. The molecule has 0 aliphatic carbocycles. The minimum Gasteiger partial charge on any atom is -0.756 e. The van der Waals surface area contributed by atoms with E-state index in [2.05, 4.69) is 117 Å². The second kappa shape index (κ2) is 56.9. The first kappa shape index (κ1) is 74.7. The quantitative estimate of drug-likeness (QED) is 0.0212. The summed E-state index contributed by atoms with van der Waals surface area (Å²) in [6, 6.07) is -0.921. The highest BCUT2D eigenvalue weighted by Gasteiger charge is 2.27. The zero-order valence-corrected chi connectivity index (χ0v) is 52.0. The van der Waals surface area contributed by atoms with Gasteiger partial charge in [0.15, 0.2) is 0 Å². The molecule has 9 nitrogen and oxygen atoms in total. The number of nitrogens with one attached hydrogen (secondary N) is 1. The molecule has 0 aromatic rings. The molecule has 0 saturated carbocycles. The van der Waals surface area contributed by atoms with Crippen LogP contribution in [-0.2, 0) is 27.9 Å². The summed E-state index contributed by atoms with van der Waals surface area (Å²) in [4.78, 5) is 39.9. The molecule has 0 bridgehead atoms. The molecule has 10 heteroatoms. The van der Waals surface area contributed by atoms with Crippen LogP contribution in [0.25, 0.3) is 0 Å². The first-order valence-corrected chi connectivity index (χ1v) is 33.2. The van der Waals surface area contributed by atoms with Crippen molar-refractivity contribution in [3.8, 4) is 0 Å². The number of carbonyl (C=O) groups is 2. The molecule has 0 heterocycles. The summed E-state index contributed by atoms with van der Waals surface area (Å²) >= 11 is 0. The van der Waals surface area contributed by atoms with Crippen LogP contribution in [0.15, 0.2) is 109 Å². The van der Waals surface area contributed by atoms with Crippen LogP contribution < -0.4 is 10.2 Å². The van der Waals surface area contributed by atoms with Crippen LogP contribution in [0, 0.1) is 0 Å². The molecule has 0 rings (SSSR count). The van der Waals surface area contributed by atoms with Crippen LogP contribution in [0.4, 0.5) is 0 Å². The normalized spacial score (nSPS) is 14.4. The highest BCUT2D eigenvalue weighted by molar-refractivity contribution is 7.45. The number of phosphoric ester groups is 1. The molecular formula is C68H119N2O7P. The molecule has 0 spiro atoms. The van der Waals surface area contributed by atoms with Crippen molar-refractivity contribution < 1.29 is 37.3 Å². The monoisotopic (exact) mass is 1110 g/mol. The molecule has 0 aliphatic rings. The fraction of sp³-hybridized carbons (Fsp3) is 0.706. The molecule has 448 valence electrons. The van der Waals surface area contributed by atoms with Gasteiger partial charge in [0, 0.05) is 12.8 Å². The standard InChI is InChI=1S/C68H119N2O7P/c1-7-10-13-16-19-22-25-28-29-30-31-32-33-34-35-36-37-38-39-40-41-43-45-48-51-54-57-60-67(71)69-65(64-76-78(73,74)75-63-62-70(4,5)6)66(59-56-53-50-47-44-27-24-21-18-15-12-9-3)77-68(72)61-58-55-52-49-46-42-26-23-20-17-14-11-8-2/h10,13,19,22,28-29,31-32,34-35,37-38,42,46,52,55-56,59,65-66H,7-9,11-12,14-18,20-21,23-27,30,33,36,39-41,43-45,47-51,53-54,57-58,60-64H2,1-6H3,(H-,69,71,73,74)/b13-10-,22-19-,29-28-,32-31-,35-34-,38-37-,46-42-,55-52+,59-56-. The lowest BCUT2D eigenvalue weighted by molar-refractivity contribution is -0.870. The zero-order valence-electron chi connectivity index (χ0n) is 51.1. The number of unbranched alkanes of at least 4 members (excludes halogenated alkanes) is 24. The smallest absolute Gasteiger partial charge is 0.306 e. The van der Waals surface area contributed by atoms with Crippen LogP contribution >= 0.6 is 7.82 Å². The molecule has 0 saturated heterocycles. The van der Waals surface area contributed by atoms with Crippen LogP contribution in [0.3, 0.4) is 0 Å². The van der Waals surface area contributed by atoms with Crippen LogP contribution in [0.5, 0.6) is 0 Å². The molecule has 0 fully saturated rings. The number of rotatable bonds is 56. The van der Waals surface area contributed by atoms with Crippen molar-refractivity contribution in [2.45, 2.75) is 270 Å².